The molecule has 16 aliphatic rings. The molecule has 0 saturated heterocycles. The maximum Gasteiger partial charge on any atom is 0.136 e. The summed E-state index contributed by atoms with van der Waals surface area (Å²) in [7, 11) is 0. The predicted octanol–water partition coefficient (Wildman–Crippen LogP) is 5.58. The van der Waals surface area contributed by atoms with Gasteiger partial charge in [0, 0.05) is 10.8 Å². The molecule has 0 heterocycles. The second-order valence-corrected chi connectivity index (χ2v) is 16.8. The van der Waals surface area contributed by atoms with E-state index in [9.17, 15) is 9.59 Å². The highest BCUT2D eigenvalue weighted by Gasteiger charge is 3.02. The maximum atomic E-state index is 13.6. The van der Waals surface area contributed by atoms with Crippen molar-refractivity contribution in [3.63, 3.8) is 0 Å². The van der Waals surface area contributed by atoms with Crippen molar-refractivity contribution in [2.45, 2.75) is 90.9 Å². The number of hydrogen-bond donors (Lipinski definition) is 0. The minimum Gasteiger partial charge on any atom is -0.299 e. The number of ketones is 2. The summed E-state index contributed by atoms with van der Waals surface area (Å²) in [4.78, 5) is 27.3. The zero-order chi connectivity index (χ0) is 21.1. The van der Waals surface area contributed by atoms with Gasteiger partial charge in [0.25, 0.3) is 0 Å². The van der Waals surface area contributed by atoms with Crippen molar-refractivity contribution >= 4 is 11.6 Å². The molecule has 14 bridgehead atoms. The second-order valence-electron chi connectivity index (χ2n) is 16.8. The van der Waals surface area contributed by atoms with E-state index in [0.29, 0.717) is 44.1 Å². The third-order valence-corrected chi connectivity index (χ3v) is 16.4. The molecule has 0 aromatic heterocycles. The molecular weight excluding hydrogens is 392 g/mol. The van der Waals surface area contributed by atoms with E-state index >= 15 is 0 Å². The predicted molar refractivity (Wildman–Crippen MR) is 117 cm³/mol. The molecule has 168 valence electrons. The fourth-order valence-electron chi connectivity index (χ4n) is 19.5. The standard InChI is InChI=1S/C30H36O2/c1-15(31)23-9-26-5-17-3-25-4-18-6-27(10-23,19(25)26)22-29(8-18)12-24(16(2)32)11-28(7-17,20(25)29)21(26)30(22,13-23)14-24/h17-22H,3-14H2,1-2H3/t17?,18?,19?,20?,21?,22?,23?,24?,25?,26-,27+,28+,29-,30?. The van der Waals surface area contributed by atoms with Crippen LogP contribution in [0.2, 0.25) is 0 Å². The molecular formula is C30H36O2. The highest BCUT2D eigenvalue weighted by atomic mass is 16.1. The minimum absolute atomic E-state index is 0.0213. The van der Waals surface area contributed by atoms with Gasteiger partial charge < -0.3 is 0 Å². The van der Waals surface area contributed by atoms with Crippen LogP contribution in [0, 0.1) is 78.8 Å². The van der Waals surface area contributed by atoms with Gasteiger partial charge in [0.05, 0.1) is 0 Å². The third-order valence-electron chi connectivity index (χ3n) is 16.4. The zero-order valence-corrected chi connectivity index (χ0v) is 19.8. The van der Waals surface area contributed by atoms with Gasteiger partial charge in [-0.1, -0.05) is 0 Å². The summed E-state index contributed by atoms with van der Waals surface area (Å²) in [6.45, 7) is 3.96. The molecule has 8 unspecified atom stereocenters. The average molecular weight is 429 g/mol. The van der Waals surface area contributed by atoms with E-state index < -0.39 is 0 Å². The smallest absolute Gasteiger partial charge is 0.136 e. The Bertz CT molecular complexity index is 1030. The Morgan fingerprint density at radius 3 is 1.09 bits per heavy atom. The number of carbonyl (C=O) groups excluding carboxylic acids is 2. The Balaban J connectivity index is 1.36. The molecule has 12 atom stereocenters. The first-order valence-electron chi connectivity index (χ1n) is 14.2. The van der Waals surface area contributed by atoms with E-state index in [1.165, 1.54) is 64.2 Å². The van der Waals surface area contributed by atoms with Crippen molar-refractivity contribution in [2.24, 2.45) is 78.8 Å². The van der Waals surface area contributed by atoms with Gasteiger partial charge in [0.2, 0.25) is 0 Å². The Morgan fingerprint density at radius 1 is 0.469 bits per heavy atom. The van der Waals surface area contributed by atoms with Crippen molar-refractivity contribution in [1.82, 2.24) is 0 Å². The summed E-state index contributed by atoms with van der Waals surface area (Å²) in [5.74, 6) is 6.67. The number of Topliss-reactive ketones (excluding diaryl/α,β-unsaturated/α-hetero) is 2. The van der Waals surface area contributed by atoms with Crippen LogP contribution in [0.25, 0.3) is 0 Å². The van der Waals surface area contributed by atoms with Crippen LogP contribution in [0.15, 0.2) is 0 Å². The number of hydrogen-bond acceptors (Lipinski definition) is 2. The topological polar surface area (TPSA) is 34.1 Å². The molecule has 32 heavy (non-hydrogen) atoms. The minimum atomic E-state index is -0.0213. The Kier molecular flexibility index (Phi) is 1.98. The molecule has 16 aliphatic carbocycles. The largest absolute Gasteiger partial charge is 0.299 e. The number of carbonyl (C=O) groups is 2. The molecule has 16 rings (SSSR count). The van der Waals surface area contributed by atoms with Crippen molar-refractivity contribution < 1.29 is 9.59 Å². The second kappa shape index (κ2) is 3.76. The molecule has 16 saturated carbocycles. The van der Waals surface area contributed by atoms with E-state index in [-0.39, 0.29) is 10.8 Å². The molecule has 0 N–H and O–H groups in total. The van der Waals surface area contributed by atoms with Crippen LogP contribution in [0.5, 0.6) is 0 Å². The molecule has 16 fully saturated rings. The summed E-state index contributed by atoms with van der Waals surface area (Å²) in [6, 6.07) is 0. The average Bonchev–Trinajstić information content (AvgIpc) is 2.61. The van der Waals surface area contributed by atoms with Crippen LogP contribution in [0.4, 0.5) is 0 Å². The molecule has 0 aromatic rings. The van der Waals surface area contributed by atoms with Crippen LogP contribution in [0.1, 0.15) is 90.9 Å². The molecule has 0 aromatic carbocycles. The first kappa shape index (κ1) is 16.9. The lowest BCUT2D eigenvalue weighted by atomic mass is 9.00. The molecule has 2 heteroatoms. The number of rotatable bonds is 2. The van der Waals surface area contributed by atoms with Gasteiger partial charge in [-0.3, -0.25) is 9.59 Å². The van der Waals surface area contributed by atoms with E-state index in [1.807, 2.05) is 13.8 Å². The molecule has 6 spiro atoms. The monoisotopic (exact) mass is 428 g/mol. The Morgan fingerprint density at radius 2 is 0.750 bits per heavy atom. The SMILES string of the molecule is CC(=O)C12CC34CC5(C(C)=O)C[C@]67CC8CC9%10CC%11C[C@](C1)(C9[C@@](C8)(C2)C36)C4[C@](C%11)(C5)C%107. The van der Waals surface area contributed by atoms with E-state index in [2.05, 4.69) is 0 Å². The van der Waals surface area contributed by atoms with Crippen molar-refractivity contribution in [3.05, 3.63) is 0 Å². The Hall–Kier alpha value is -0.660. The van der Waals surface area contributed by atoms with Gasteiger partial charge in [0.15, 0.2) is 0 Å². The van der Waals surface area contributed by atoms with Gasteiger partial charge in [-0.05, 0) is 159 Å². The quantitative estimate of drug-likeness (QED) is 0.575. The van der Waals surface area contributed by atoms with Gasteiger partial charge >= 0.3 is 0 Å². The lowest BCUT2D eigenvalue weighted by Crippen LogP contribution is -2.99. The third kappa shape index (κ3) is 1.06. The van der Waals surface area contributed by atoms with Crippen molar-refractivity contribution in [1.29, 1.82) is 0 Å². The normalized spacial score (nSPS) is 78.7. The highest BCUT2D eigenvalue weighted by molar-refractivity contribution is 5.86. The summed E-state index contributed by atoms with van der Waals surface area (Å²) in [5, 5.41) is 0. The highest BCUT2D eigenvalue weighted by Crippen LogP contribution is 3.07. The lowest BCUT2D eigenvalue weighted by molar-refractivity contribution is -0.559. The lowest BCUT2D eigenvalue weighted by Gasteiger charge is -3.04. The molecule has 0 radical (unpaired) electrons. The van der Waals surface area contributed by atoms with Gasteiger partial charge in [0.1, 0.15) is 11.6 Å². The summed E-state index contributed by atoms with van der Waals surface area (Å²) in [5.41, 5.74) is 2.90. The first-order chi connectivity index (χ1) is 15.2. The van der Waals surface area contributed by atoms with E-state index in [0.717, 1.165) is 35.5 Å². The summed E-state index contributed by atoms with van der Waals surface area (Å²) in [6.07, 6.45) is 16.5. The van der Waals surface area contributed by atoms with E-state index in [4.69, 9.17) is 0 Å². The Labute approximate surface area is 191 Å². The van der Waals surface area contributed by atoms with Crippen LogP contribution in [-0.2, 0) is 9.59 Å². The van der Waals surface area contributed by atoms with Crippen LogP contribution >= 0.6 is 0 Å². The maximum absolute atomic E-state index is 13.6. The van der Waals surface area contributed by atoms with Gasteiger partial charge in [-0.2, -0.15) is 0 Å². The summed E-state index contributed by atoms with van der Waals surface area (Å²) < 4.78 is 0. The van der Waals surface area contributed by atoms with Crippen LogP contribution in [0.3, 0.4) is 0 Å². The van der Waals surface area contributed by atoms with Crippen LogP contribution < -0.4 is 0 Å². The van der Waals surface area contributed by atoms with Gasteiger partial charge in [-0.15, -0.1) is 0 Å². The van der Waals surface area contributed by atoms with Crippen LogP contribution in [-0.4, -0.2) is 11.6 Å². The fourth-order valence-corrected chi connectivity index (χ4v) is 19.5. The van der Waals surface area contributed by atoms with Crippen molar-refractivity contribution in [2.75, 3.05) is 0 Å². The first-order valence-corrected chi connectivity index (χ1v) is 14.2. The molecule has 0 amide bonds. The van der Waals surface area contributed by atoms with Gasteiger partial charge in [-0.25, -0.2) is 0 Å². The molecule has 2 nitrogen and oxygen atoms in total. The van der Waals surface area contributed by atoms with E-state index in [1.54, 1.807) is 12.8 Å². The van der Waals surface area contributed by atoms with Crippen molar-refractivity contribution in [3.8, 4) is 0 Å². The zero-order valence-electron chi connectivity index (χ0n) is 19.8. The summed E-state index contributed by atoms with van der Waals surface area (Å²) >= 11 is 0. The molecule has 0 aliphatic heterocycles. The fraction of sp³-hybridized carbons (Fsp3) is 0.933.